The van der Waals surface area contributed by atoms with Crippen LogP contribution in [0.3, 0.4) is 0 Å². The minimum absolute atomic E-state index is 0.0361. The third-order valence-electron chi connectivity index (χ3n) is 7.44. The zero-order chi connectivity index (χ0) is 27.9. The summed E-state index contributed by atoms with van der Waals surface area (Å²) in [6.07, 6.45) is 4.12. The smallest absolute Gasteiger partial charge is 0.296 e. The molecule has 1 saturated heterocycles. The second-order valence-electron chi connectivity index (χ2n) is 10.2. The number of halogens is 1. The lowest BCUT2D eigenvalue weighted by atomic mass is 9.90. The molecule has 1 N–H and O–H groups in total. The van der Waals surface area contributed by atoms with Crippen molar-refractivity contribution in [1.29, 1.82) is 0 Å². The van der Waals surface area contributed by atoms with Crippen LogP contribution in [-0.4, -0.2) is 58.1 Å². The molecule has 40 heavy (non-hydrogen) atoms. The molecule has 3 aromatic heterocycles. The summed E-state index contributed by atoms with van der Waals surface area (Å²) in [5.41, 5.74) is 2.29. The summed E-state index contributed by atoms with van der Waals surface area (Å²) in [5, 5.41) is 15.7. The fourth-order valence-electron chi connectivity index (χ4n) is 5.19. The van der Waals surface area contributed by atoms with Gasteiger partial charge in [-0.2, -0.15) is 9.47 Å². The number of carbonyl (C=O) groups is 1. The Kier molecular flexibility index (Phi) is 6.77. The van der Waals surface area contributed by atoms with E-state index >= 15 is 0 Å². The first kappa shape index (κ1) is 26.0. The lowest BCUT2D eigenvalue weighted by Gasteiger charge is -2.38. The summed E-state index contributed by atoms with van der Waals surface area (Å²) in [6, 6.07) is 15.8. The van der Waals surface area contributed by atoms with E-state index < -0.39 is 5.60 Å². The maximum atomic E-state index is 13.5. The second-order valence-corrected chi connectivity index (χ2v) is 11.2. The fraction of sp³-hybridized carbons (Fsp3) is 0.276. The molecular formula is C29H27FN6O3S. The Bertz CT molecular complexity index is 1740. The van der Waals surface area contributed by atoms with Gasteiger partial charge in [0.15, 0.2) is 0 Å². The van der Waals surface area contributed by atoms with Gasteiger partial charge in [-0.05, 0) is 61.1 Å². The summed E-state index contributed by atoms with van der Waals surface area (Å²) >= 11 is 1.33. The number of amides is 1. The summed E-state index contributed by atoms with van der Waals surface area (Å²) < 4.78 is 20.7. The van der Waals surface area contributed by atoms with Crippen molar-refractivity contribution < 1.29 is 14.3 Å². The first-order chi connectivity index (χ1) is 19.3. The van der Waals surface area contributed by atoms with Gasteiger partial charge in [0.25, 0.3) is 11.5 Å². The van der Waals surface area contributed by atoms with E-state index in [4.69, 9.17) is 0 Å². The van der Waals surface area contributed by atoms with E-state index in [1.54, 1.807) is 17.0 Å². The molecule has 1 amide bonds. The molecule has 1 fully saturated rings. The highest BCUT2D eigenvalue weighted by Gasteiger charge is 2.36. The van der Waals surface area contributed by atoms with E-state index in [1.807, 2.05) is 37.3 Å². The maximum Gasteiger partial charge on any atom is 0.296 e. The van der Waals surface area contributed by atoms with Crippen molar-refractivity contribution in [3.05, 3.63) is 105 Å². The molecule has 1 aliphatic rings. The van der Waals surface area contributed by atoms with Crippen LogP contribution in [0.1, 0.15) is 39.3 Å². The van der Waals surface area contributed by atoms with Gasteiger partial charge in [-0.15, -0.1) is 0 Å². The van der Waals surface area contributed by atoms with E-state index in [-0.39, 0.29) is 29.5 Å². The monoisotopic (exact) mass is 558 g/mol. The van der Waals surface area contributed by atoms with Gasteiger partial charge in [0, 0.05) is 30.0 Å². The summed E-state index contributed by atoms with van der Waals surface area (Å²) in [4.78, 5) is 33.6. The molecule has 5 aromatic rings. The quantitative estimate of drug-likeness (QED) is 0.341. The number of benzene rings is 2. The van der Waals surface area contributed by atoms with Gasteiger partial charge in [-0.1, -0.05) is 30.3 Å². The molecule has 6 rings (SSSR count). The highest BCUT2D eigenvalue weighted by Crippen LogP contribution is 2.28. The molecule has 9 nitrogen and oxygen atoms in total. The van der Waals surface area contributed by atoms with Crippen LogP contribution in [0.2, 0.25) is 0 Å². The number of carbonyl (C=O) groups excluding carboxylic acids is 1. The number of likely N-dealkylation sites (tertiary alicyclic amines) is 1. The van der Waals surface area contributed by atoms with Crippen molar-refractivity contribution in [3.8, 4) is 11.3 Å². The molecule has 2 aromatic carbocycles. The molecule has 0 bridgehead atoms. The topological polar surface area (TPSA) is 106 Å². The Morgan fingerprint density at radius 3 is 2.55 bits per heavy atom. The van der Waals surface area contributed by atoms with Crippen LogP contribution >= 0.6 is 11.5 Å². The molecule has 204 valence electrons. The first-order valence-corrected chi connectivity index (χ1v) is 13.8. The SMILES string of the molecule is Cc1snc(Cc2ccccc2)c1C(=O)N1CCC(O)(Cn2cnn3c(-c4ccc(F)cc4)cnc3c2=O)CC1. The number of fused-ring (bicyclic) bond motifs is 1. The van der Waals surface area contributed by atoms with Crippen LogP contribution in [-0.2, 0) is 13.0 Å². The maximum absolute atomic E-state index is 13.5. The van der Waals surface area contributed by atoms with E-state index in [0.29, 0.717) is 49.2 Å². The van der Waals surface area contributed by atoms with Crippen LogP contribution in [0.15, 0.2) is 71.9 Å². The minimum Gasteiger partial charge on any atom is -0.388 e. The Morgan fingerprint density at radius 1 is 1.10 bits per heavy atom. The van der Waals surface area contributed by atoms with Gasteiger partial charge in [0.05, 0.1) is 35.3 Å². The number of nitrogens with zero attached hydrogens (tertiary/aromatic N) is 6. The molecule has 0 atom stereocenters. The fourth-order valence-corrected chi connectivity index (χ4v) is 5.89. The third-order valence-corrected chi connectivity index (χ3v) is 8.23. The number of hydrogen-bond donors (Lipinski definition) is 1. The number of aromatic nitrogens is 5. The summed E-state index contributed by atoms with van der Waals surface area (Å²) in [7, 11) is 0. The normalized spacial score (nSPS) is 15.0. The highest BCUT2D eigenvalue weighted by molar-refractivity contribution is 7.06. The van der Waals surface area contributed by atoms with Crippen molar-refractivity contribution >= 4 is 23.1 Å². The lowest BCUT2D eigenvalue weighted by molar-refractivity contribution is -0.0300. The number of hydrogen-bond acceptors (Lipinski definition) is 7. The molecule has 1 aliphatic heterocycles. The number of aryl methyl sites for hydroxylation is 1. The van der Waals surface area contributed by atoms with Crippen molar-refractivity contribution in [2.45, 2.75) is 38.3 Å². The van der Waals surface area contributed by atoms with Crippen LogP contribution in [0.5, 0.6) is 0 Å². The zero-order valence-corrected chi connectivity index (χ0v) is 22.6. The Hall–Kier alpha value is -4.22. The van der Waals surface area contributed by atoms with Crippen LogP contribution in [0.25, 0.3) is 16.9 Å². The summed E-state index contributed by atoms with van der Waals surface area (Å²) in [5.74, 6) is -0.436. The molecular weight excluding hydrogens is 531 g/mol. The molecule has 0 saturated carbocycles. The molecule has 0 spiro atoms. The largest absolute Gasteiger partial charge is 0.388 e. The van der Waals surface area contributed by atoms with Gasteiger partial charge >= 0.3 is 0 Å². The van der Waals surface area contributed by atoms with E-state index in [0.717, 1.165) is 16.1 Å². The van der Waals surface area contributed by atoms with Gasteiger partial charge in [-0.3, -0.25) is 14.2 Å². The third kappa shape index (κ3) is 4.93. The average Bonchev–Trinajstić information content (AvgIpc) is 3.55. The molecule has 4 heterocycles. The number of piperidine rings is 1. The van der Waals surface area contributed by atoms with Gasteiger partial charge in [0.2, 0.25) is 5.65 Å². The molecule has 0 unspecified atom stereocenters. The number of rotatable bonds is 6. The Labute approximate surface area is 233 Å². The summed E-state index contributed by atoms with van der Waals surface area (Å²) in [6.45, 7) is 2.66. The Morgan fingerprint density at radius 2 is 1.82 bits per heavy atom. The van der Waals surface area contributed by atoms with Crippen molar-refractivity contribution in [2.75, 3.05) is 13.1 Å². The average molecular weight is 559 g/mol. The van der Waals surface area contributed by atoms with E-state index in [1.165, 1.54) is 45.3 Å². The van der Waals surface area contributed by atoms with E-state index in [9.17, 15) is 19.1 Å². The zero-order valence-electron chi connectivity index (χ0n) is 21.8. The van der Waals surface area contributed by atoms with Crippen LogP contribution in [0.4, 0.5) is 4.39 Å². The Balaban J connectivity index is 1.16. The van der Waals surface area contributed by atoms with E-state index in [2.05, 4.69) is 14.5 Å². The first-order valence-electron chi connectivity index (χ1n) is 13.0. The number of aliphatic hydroxyl groups is 1. The predicted octanol–water partition coefficient (Wildman–Crippen LogP) is 3.72. The second kappa shape index (κ2) is 10.4. The minimum atomic E-state index is -1.18. The molecule has 0 radical (unpaired) electrons. The standard InChI is InChI=1S/C29H27FN6O3S/c1-19-25(23(33-40-19)15-20-5-3-2-4-6-20)27(37)34-13-11-29(39,12-14-34)17-35-18-32-36-24(16-31-26(36)28(35)38)21-7-9-22(30)10-8-21/h2-10,16,18,39H,11-15,17H2,1H3. The van der Waals surface area contributed by atoms with Gasteiger partial charge in [-0.25, -0.2) is 13.9 Å². The van der Waals surface area contributed by atoms with Gasteiger partial charge < -0.3 is 10.0 Å². The lowest BCUT2D eigenvalue weighted by Crippen LogP contribution is -2.50. The molecule has 11 heteroatoms. The van der Waals surface area contributed by atoms with Crippen LogP contribution < -0.4 is 5.56 Å². The molecule has 0 aliphatic carbocycles. The van der Waals surface area contributed by atoms with Crippen molar-refractivity contribution in [2.24, 2.45) is 0 Å². The van der Waals surface area contributed by atoms with Crippen molar-refractivity contribution in [3.63, 3.8) is 0 Å². The predicted molar refractivity (Wildman–Crippen MR) is 149 cm³/mol. The number of imidazole rings is 1. The van der Waals surface area contributed by atoms with Crippen LogP contribution in [0, 0.1) is 12.7 Å². The van der Waals surface area contributed by atoms with Gasteiger partial charge in [0.1, 0.15) is 12.1 Å². The van der Waals surface area contributed by atoms with Crippen molar-refractivity contribution in [1.82, 2.24) is 28.4 Å². The highest BCUT2D eigenvalue weighted by atomic mass is 32.1.